The molecule has 0 radical (unpaired) electrons. The van der Waals surface area contributed by atoms with Crippen molar-refractivity contribution in [2.75, 3.05) is 5.32 Å². The lowest BCUT2D eigenvalue weighted by molar-refractivity contribution is 0.101. The van der Waals surface area contributed by atoms with E-state index in [4.69, 9.17) is 27.9 Å². The Morgan fingerprint density at radius 1 is 0.861 bits per heavy atom. The monoisotopic (exact) mass is 514 g/mol. The third-order valence-corrected chi connectivity index (χ3v) is 6.06. The average Bonchev–Trinajstić information content (AvgIpc) is 3.34. The van der Waals surface area contributed by atoms with Gasteiger partial charge in [-0.25, -0.2) is 9.67 Å². The van der Waals surface area contributed by atoms with E-state index in [-0.39, 0.29) is 5.82 Å². The Kier molecular flexibility index (Phi) is 6.71. The van der Waals surface area contributed by atoms with Crippen LogP contribution in [0.2, 0.25) is 10.0 Å². The molecular weight excluding hydrogens is 495 g/mol. The van der Waals surface area contributed by atoms with E-state index in [0.717, 1.165) is 16.9 Å². The molecule has 0 saturated carbocycles. The normalized spacial score (nSPS) is 10.8. The van der Waals surface area contributed by atoms with Crippen molar-refractivity contribution in [3.05, 3.63) is 118 Å². The van der Waals surface area contributed by atoms with Gasteiger partial charge in [-0.15, -0.1) is 5.10 Å². The number of benzene rings is 4. The third kappa shape index (κ3) is 5.25. The van der Waals surface area contributed by atoms with Crippen molar-refractivity contribution in [2.45, 2.75) is 6.92 Å². The van der Waals surface area contributed by atoms with E-state index in [2.05, 4.69) is 15.4 Å². The van der Waals surface area contributed by atoms with E-state index >= 15 is 0 Å². The van der Waals surface area contributed by atoms with Crippen LogP contribution in [0, 0.1) is 6.92 Å². The number of hydrogen-bond donors (Lipinski definition) is 1. The Morgan fingerprint density at radius 3 is 2.25 bits per heavy atom. The summed E-state index contributed by atoms with van der Waals surface area (Å²) in [5.41, 5.74) is 2.96. The molecule has 1 amide bonds. The average molecular weight is 515 g/mol. The number of halogens is 2. The van der Waals surface area contributed by atoms with Crippen molar-refractivity contribution >= 4 is 34.8 Å². The summed E-state index contributed by atoms with van der Waals surface area (Å²) in [6.45, 7) is 1.92. The second-order valence-electron chi connectivity index (χ2n) is 8.00. The van der Waals surface area contributed by atoms with Crippen LogP contribution in [0.4, 0.5) is 5.69 Å². The van der Waals surface area contributed by atoms with E-state index in [1.54, 1.807) is 47.1 Å². The Labute approximate surface area is 218 Å². The quantitative estimate of drug-likeness (QED) is 0.253. The summed E-state index contributed by atoms with van der Waals surface area (Å²) in [4.78, 5) is 17.6. The number of ether oxygens (including phenoxy) is 1. The predicted octanol–water partition coefficient (Wildman–Crippen LogP) is 7.59. The van der Waals surface area contributed by atoms with E-state index in [1.165, 1.54) is 0 Å². The molecule has 5 rings (SSSR count). The van der Waals surface area contributed by atoms with Gasteiger partial charge in [0, 0.05) is 21.3 Å². The van der Waals surface area contributed by atoms with Crippen LogP contribution >= 0.6 is 23.2 Å². The summed E-state index contributed by atoms with van der Waals surface area (Å²) in [6, 6.07) is 29.3. The van der Waals surface area contributed by atoms with E-state index < -0.39 is 5.91 Å². The predicted molar refractivity (Wildman–Crippen MR) is 142 cm³/mol. The molecule has 1 N–H and O–H groups in total. The van der Waals surface area contributed by atoms with Crippen LogP contribution in [0.3, 0.4) is 0 Å². The van der Waals surface area contributed by atoms with Gasteiger partial charge in [-0.2, -0.15) is 0 Å². The topological polar surface area (TPSA) is 69.0 Å². The number of rotatable bonds is 6. The summed E-state index contributed by atoms with van der Waals surface area (Å²) in [5.74, 6) is 1.45. The Hall–Kier alpha value is -4.13. The van der Waals surface area contributed by atoms with Crippen LogP contribution < -0.4 is 10.1 Å². The minimum atomic E-state index is -0.445. The van der Waals surface area contributed by atoms with Crippen molar-refractivity contribution in [1.29, 1.82) is 0 Å². The molecule has 0 bridgehead atoms. The van der Waals surface area contributed by atoms with Gasteiger partial charge in [-0.3, -0.25) is 4.79 Å². The molecule has 0 spiro atoms. The molecule has 1 heterocycles. The van der Waals surface area contributed by atoms with Gasteiger partial charge >= 0.3 is 0 Å². The molecule has 0 fully saturated rings. The first-order valence-corrected chi connectivity index (χ1v) is 11.9. The molecule has 6 nitrogen and oxygen atoms in total. The maximum absolute atomic E-state index is 13.1. The summed E-state index contributed by atoms with van der Waals surface area (Å²) >= 11 is 12.4. The van der Waals surface area contributed by atoms with Crippen molar-refractivity contribution < 1.29 is 9.53 Å². The first-order valence-electron chi connectivity index (χ1n) is 11.1. The number of carbonyl (C=O) groups is 1. The summed E-state index contributed by atoms with van der Waals surface area (Å²) in [5, 5.41) is 8.53. The molecule has 0 atom stereocenters. The van der Waals surface area contributed by atoms with Gasteiger partial charge in [0.25, 0.3) is 5.91 Å². The standard InChI is InChI=1S/C28H20Cl2N4O2/c1-18-7-14-22(17-25(18)30)34-27(19-8-10-20(29)11-9-19)32-26(33-34)28(35)31-21-12-15-24(16-13-21)36-23-5-3-2-4-6-23/h2-17H,1H3,(H,31,35). The molecule has 36 heavy (non-hydrogen) atoms. The molecular formula is C28H20Cl2N4O2. The fourth-order valence-corrected chi connectivity index (χ4v) is 3.81. The van der Waals surface area contributed by atoms with Crippen LogP contribution in [0.15, 0.2) is 97.1 Å². The lowest BCUT2D eigenvalue weighted by Gasteiger charge is -2.08. The number of para-hydroxylation sites is 1. The van der Waals surface area contributed by atoms with Crippen LogP contribution in [0.25, 0.3) is 17.1 Å². The van der Waals surface area contributed by atoms with Crippen molar-refractivity contribution in [3.63, 3.8) is 0 Å². The van der Waals surface area contributed by atoms with E-state index in [9.17, 15) is 4.79 Å². The smallest absolute Gasteiger partial charge is 0.295 e. The molecule has 8 heteroatoms. The van der Waals surface area contributed by atoms with Crippen LogP contribution in [-0.4, -0.2) is 20.7 Å². The second kappa shape index (κ2) is 10.2. The number of nitrogens with zero attached hydrogens (tertiary/aromatic N) is 3. The molecule has 0 aliphatic rings. The van der Waals surface area contributed by atoms with E-state index in [1.807, 2.05) is 61.5 Å². The van der Waals surface area contributed by atoms with Gasteiger partial charge in [0.1, 0.15) is 11.5 Å². The lowest BCUT2D eigenvalue weighted by Crippen LogP contribution is -2.14. The summed E-state index contributed by atoms with van der Waals surface area (Å²) < 4.78 is 7.40. The molecule has 0 saturated heterocycles. The second-order valence-corrected chi connectivity index (χ2v) is 8.85. The highest BCUT2D eigenvalue weighted by Gasteiger charge is 2.19. The first-order chi connectivity index (χ1) is 17.5. The third-order valence-electron chi connectivity index (χ3n) is 5.40. The van der Waals surface area contributed by atoms with Gasteiger partial charge < -0.3 is 10.1 Å². The maximum atomic E-state index is 13.1. The highest BCUT2D eigenvalue weighted by atomic mass is 35.5. The fourth-order valence-electron chi connectivity index (χ4n) is 3.51. The molecule has 0 unspecified atom stereocenters. The first kappa shape index (κ1) is 23.6. The van der Waals surface area contributed by atoms with E-state index in [0.29, 0.717) is 33.0 Å². The fraction of sp³-hybridized carbons (Fsp3) is 0.0357. The molecule has 5 aromatic rings. The lowest BCUT2D eigenvalue weighted by atomic mass is 10.2. The van der Waals surface area contributed by atoms with Crippen LogP contribution in [0.5, 0.6) is 11.5 Å². The van der Waals surface area contributed by atoms with Crippen molar-refractivity contribution in [1.82, 2.24) is 14.8 Å². The Balaban J connectivity index is 1.42. The van der Waals surface area contributed by atoms with Gasteiger partial charge in [0.15, 0.2) is 5.82 Å². The zero-order chi connectivity index (χ0) is 25.1. The molecule has 4 aromatic carbocycles. The SMILES string of the molecule is Cc1ccc(-n2nc(C(=O)Nc3ccc(Oc4ccccc4)cc3)nc2-c2ccc(Cl)cc2)cc1Cl. The zero-order valence-corrected chi connectivity index (χ0v) is 20.7. The number of aryl methyl sites for hydroxylation is 1. The number of carbonyl (C=O) groups excluding carboxylic acids is 1. The van der Waals surface area contributed by atoms with Gasteiger partial charge in [-0.1, -0.05) is 47.5 Å². The number of aromatic nitrogens is 3. The highest BCUT2D eigenvalue weighted by molar-refractivity contribution is 6.31. The molecule has 178 valence electrons. The van der Waals surface area contributed by atoms with Crippen molar-refractivity contribution in [2.24, 2.45) is 0 Å². The Bertz CT molecular complexity index is 1520. The van der Waals surface area contributed by atoms with Crippen molar-refractivity contribution in [3.8, 4) is 28.6 Å². The molecule has 0 aliphatic carbocycles. The minimum Gasteiger partial charge on any atom is -0.457 e. The number of hydrogen-bond acceptors (Lipinski definition) is 4. The largest absolute Gasteiger partial charge is 0.457 e. The van der Waals surface area contributed by atoms with Gasteiger partial charge in [0.05, 0.1) is 5.69 Å². The summed E-state index contributed by atoms with van der Waals surface area (Å²) in [6.07, 6.45) is 0. The number of nitrogens with one attached hydrogen (secondary N) is 1. The van der Waals surface area contributed by atoms with Crippen LogP contribution in [-0.2, 0) is 0 Å². The molecule has 1 aromatic heterocycles. The summed E-state index contributed by atoms with van der Waals surface area (Å²) in [7, 11) is 0. The molecule has 0 aliphatic heterocycles. The maximum Gasteiger partial charge on any atom is 0.295 e. The minimum absolute atomic E-state index is 0.0151. The van der Waals surface area contributed by atoms with Gasteiger partial charge in [-0.05, 0) is 85.3 Å². The zero-order valence-electron chi connectivity index (χ0n) is 19.2. The number of amides is 1. The Morgan fingerprint density at radius 2 is 1.56 bits per heavy atom. The number of anilines is 1. The highest BCUT2D eigenvalue weighted by Crippen LogP contribution is 2.27. The van der Waals surface area contributed by atoms with Crippen LogP contribution in [0.1, 0.15) is 16.2 Å². The van der Waals surface area contributed by atoms with Gasteiger partial charge in [0.2, 0.25) is 5.82 Å².